The second-order valence-corrected chi connectivity index (χ2v) is 8.21. The zero-order chi connectivity index (χ0) is 21.7. The molecule has 0 aromatic heterocycles. The van der Waals surface area contributed by atoms with E-state index in [1.54, 1.807) is 31.2 Å². The van der Waals surface area contributed by atoms with Gasteiger partial charge in [0.2, 0.25) is 0 Å². The van der Waals surface area contributed by atoms with Crippen LogP contribution < -0.4 is 14.8 Å². The van der Waals surface area contributed by atoms with Crippen LogP contribution in [-0.4, -0.2) is 43.2 Å². The minimum atomic E-state index is -0.677. The molecular formula is C22H25Cl2FN2O3. The molecule has 1 fully saturated rings. The van der Waals surface area contributed by atoms with Gasteiger partial charge in [0.15, 0.2) is 17.7 Å². The van der Waals surface area contributed by atoms with Crippen LogP contribution >= 0.6 is 23.2 Å². The van der Waals surface area contributed by atoms with Gasteiger partial charge in [-0.3, -0.25) is 9.69 Å². The zero-order valence-corrected chi connectivity index (χ0v) is 18.5. The number of ether oxygens (including phenoxy) is 2. The smallest absolute Gasteiger partial charge is 0.260 e. The topological polar surface area (TPSA) is 50.8 Å². The van der Waals surface area contributed by atoms with E-state index >= 15 is 0 Å². The van der Waals surface area contributed by atoms with Crippen molar-refractivity contribution in [3.05, 3.63) is 57.8 Å². The predicted molar refractivity (Wildman–Crippen MR) is 116 cm³/mol. The van der Waals surface area contributed by atoms with Gasteiger partial charge in [-0.25, -0.2) is 4.39 Å². The second-order valence-electron chi connectivity index (χ2n) is 7.36. The molecule has 0 radical (unpaired) electrons. The van der Waals surface area contributed by atoms with E-state index in [0.717, 1.165) is 31.5 Å². The molecule has 162 valence electrons. The monoisotopic (exact) mass is 454 g/mol. The molecule has 1 N–H and O–H groups in total. The van der Waals surface area contributed by atoms with Crippen LogP contribution in [0, 0.1) is 5.82 Å². The van der Waals surface area contributed by atoms with Crippen molar-refractivity contribution in [3.63, 3.8) is 0 Å². The summed E-state index contributed by atoms with van der Waals surface area (Å²) in [5, 5.41) is 3.92. The Hall–Kier alpha value is -2.02. The van der Waals surface area contributed by atoms with Gasteiger partial charge in [-0.1, -0.05) is 29.3 Å². The Morgan fingerprint density at radius 1 is 1.20 bits per heavy atom. The van der Waals surface area contributed by atoms with Crippen LogP contribution in [-0.2, 0) is 11.3 Å². The standard InChI is InChI=1S/C22H25Cl2FN2O3/c1-14(30-20-6-4-16(23)12-18(20)24)22(28)26-17-7-9-27(10-8-17)13-15-3-5-21(29-2)19(25)11-15/h3-6,11-12,14,17H,7-10,13H2,1-2H3,(H,26,28). The van der Waals surface area contributed by atoms with Crippen LogP contribution in [0.25, 0.3) is 0 Å². The van der Waals surface area contributed by atoms with Crippen LogP contribution in [0.2, 0.25) is 10.0 Å². The molecule has 0 aliphatic carbocycles. The van der Waals surface area contributed by atoms with E-state index in [0.29, 0.717) is 22.3 Å². The summed E-state index contributed by atoms with van der Waals surface area (Å²) in [6.45, 7) is 3.98. The Bertz CT molecular complexity index is 889. The Morgan fingerprint density at radius 2 is 1.90 bits per heavy atom. The number of nitrogens with one attached hydrogen (secondary N) is 1. The van der Waals surface area contributed by atoms with Gasteiger partial charge in [0.05, 0.1) is 12.1 Å². The number of hydrogen-bond donors (Lipinski definition) is 1. The second kappa shape index (κ2) is 10.3. The number of nitrogens with zero attached hydrogens (tertiary/aromatic N) is 1. The highest BCUT2D eigenvalue weighted by molar-refractivity contribution is 6.35. The number of carbonyl (C=O) groups is 1. The highest BCUT2D eigenvalue weighted by Gasteiger charge is 2.24. The third kappa shape index (κ3) is 6.00. The average Bonchev–Trinajstić information content (AvgIpc) is 2.71. The van der Waals surface area contributed by atoms with Crippen molar-refractivity contribution < 1.29 is 18.7 Å². The van der Waals surface area contributed by atoms with E-state index in [1.165, 1.54) is 13.2 Å². The molecule has 1 atom stereocenters. The van der Waals surface area contributed by atoms with Gasteiger partial charge in [-0.2, -0.15) is 0 Å². The molecule has 1 unspecified atom stereocenters. The van der Waals surface area contributed by atoms with E-state index < -0.39 is 6.10 Å². The zero-order valence-electron chi connectivity index (χ0n) is 17.0. The van der Waals surface area contributed by atoms with E-state index in [2.05, 4.69) is 10.2 Å². The lowest BCUT2D eigenvalue weighted by Gasteiger charge is -2.33. The third-order valence-electron chi connectivity index (χ3n) is 5.12. The van der Waals surface area contributed by atoms with Gasteiger partial charge in [-0.15, -0.1) is 0 Å². The summed E-state index contributed by atoms with van der Waals surface area (Å²) in [6.07, 6.45) is 0.960. The van der Waals surface area contributed by atoms with Crippen molar-refractivity contribution in [1.82, 2.24) is 10.2 Å². The number of halogens is 3. The van der Waals surface area contributed by atoms with Crippen LogP contribution in [0.1, 0.15) is 25.3 Å². The normalized spacial score (nSPS) is 16.2. The van der Waals surface area contributed by atoms with Crippen molar-refractivity contribution in [2.24, 2.45) is 0 Å². The number of carbonyl (C=O) groups excluding carboxylic acids is 1. The van der Waals surface area contributed by atoms with Gasteiger partial charge < -0.3 is 14.8 Å². The molecule has 0 saturated carbocycles. The number of rotatable bonds is 7. The molecule has 3 rings (SSSR count). The molecule has 1 saturated heterocycles. The van der Waals surface area contributed by atoms with Crippen molar-refractivity contribution in [2.45, 2.75) is 38.5 Å². The first-order chi connectivity index (χ1) is 14.4. The molecule has 8 heteroatoms. The maximum atomic E-state index is 13.9. The highest BCUT2D eigenvalue weighted by Crippen LogP contribution is 2.28. The lowest BCUT2D eigenvalue weighted by atomic mass is 10.0. The van der Waals surface area contributed by atoms with Crippen molar-refractivity contribution >= 4 is 29.1 Å². The van der Waals surface area contributed by atoms with Crippen LogP contribution in [0.15, 0.2) is 36.4 Å². The van der Waals surface area contributed by atoms with E-state index in [1.807, 2.05) is 6.07 Å². The Labute approximate surface area is 186 Å². The molecule has 30 heavy (non-hydrogen) atoms. The summed E-state index contributed by atoms with van der Waals surface area (Å²) in [7, 11) is 1.45. The number of piperidine rings is 1. The Morgan fingerprint density at radius 3 is 2.53 bits per heavy atom. The summed E-state index contributed by atoms with van der Waals surface area (Å²) >= 11 is 12.0. The summed E-state index contributed by atoms with van der Waals surface area (Å²) in [5.41, 5.74) is 0.901. The highest BCUT2D eigenvalue weighted by atomic mass is 35.5. The molecule has 5 nitrogen and oxygen atoms in total. The lowest BCUT2D eigenvalue weighted by molar-refractivity contribution is -0.128. The summed E-state index contributed by atoms with van der Waals surface area (Å²) < 4.78 is 24.5. The minimum absolute atomic E-state index is 0.0769. The van der Waals surface area contributed by atoms with E-state index in [4.69, 9.17) is 32.7 Å². The maximum absolute atomic E-state index is 13.9. The van der Waals surface area contributed by atoms with E-state index in [9.17, 15) is 9.18 Å². The van der Waals surface area contributed by atoms with Gasteiger partial charge in [-0.05, 0) is 55.7 Å². The predicted octanol–water partition coefficient (Wildman–Crippen LogP) is 4.69. The number of methoxy groups -OCH3 is 1. The quantitative estimate of drug-likeness (QED) is 0.659. The van der Waals surface area contributed by atoms with Crippen LogP contribution in [0.4, 0.5) is 4.39 Å². The van der Waals surface area contributed by atoms with Crippen LogP contribution in [0.3, 0.4) is 0 Å². The number of amides is 1. The average molecular weight is 455 g/mol. The molecule has 1 heterocycles. The maximum Gasteiger partial charge on any atom is 0.260 e. The fourth-order valence-electron chi connectivity index (χ4n) is 3.44. The minimum Gasteiger partial charge on any atom is -0.494 e. The SMILES string of the molecule is COc1ccc(CN2CCC(NC(=O)C(C)Oc3ccc(Cl)cc3Cl)CC2)cc1F. The van der Waals surface area contributed by atoms with Crippen molar-refractivity contribution in [3.8, 4) is 11.5 Å². The first kappa shape index (κ1) is 22.7. The molecular weight excluding hydrogens is 430 g/mol. The van der Waals surface area contributed by atoms with Crippen molar-refractivity contribution in [2.75, 3.05) is 20.2 Å². The van der Waals surface area contributed by atoms with Crippen LogP contribution in [0.5, 0.6) is 11.5 Å². The molecule has 2 aromatic rings. The summed E-state index contributed by atoms with van der Waals surface area (Å²) in [4.78, 5) is 14.7. The van der Waals surface area contributed by atoms with Gasteiger partial charge >= 0.3 is 0 Å². The number of likely N-dealkylation sites (tertiary alicyclic amines) is 1. The first-order valence-corrected chi connectivity index (χ1v) is 10.6. The summed E-state index contributed by atoms with van der Waals surface area (Å²) in [5.74, 6) is 0.130. The van der Waals surface area contributed by atoms with Gasteiger partial charge in [0, 0.05) is 30.7 Å². The number of hydrogen-bond acceptors (Lipinski definition) is 4. The first-order valence-electron chi connectivity index (χ1n) is 9.82. The molecule has 1 aliphatic rings. The molecule has 0 bridgehead atoms. The summed E-state index contributed by atoms with van der Waals surface area (Å²) in [6, 6.07) is 9.99. The molecule has 2 aromatic carbocycles. The Kier molecular flexibility index (Phi) is 7.81. The molecule has 1 amide bonds. The van der Waals surface area contributed by atoms with Gasteiger partial charge in [0.25, 0.3) is 5.91 Å². The van der Waals surface area contributed by atoms with Gasteiger partial charge in [0.1, 0.15) is 5.75 Å². The fraction of sp³-hybridized carbons (Fsp3) is 0.409. The Balaban J connectivity index is 1.45. The fourth-order valence-corrected chi connectivity index (χ4v) is 3.89. The third-order valence-corrected chi connectivity index (χ3v) is 5.65. The molecule has 1 aliphatic heterocycles. The molecule has 0 spiro atoms. The number of benzene rings is 2. The van der Waals surface area contributed by atoms with Crippen molar-refractivity contribution in [1.29, 1.82) is 0 Å². The lowest BCUT2D eigenvalue weighted by Crippen LogP contribution is -2.47. The van der Waals surface area contributed by atoms with E-state index in [-0.39, 0.29) is 23.5 Å². The largest absolute Gasteiger partial charge is 0.494 e.